The highest BCUT2D eigenvalue weighted by Crippen LogP contribution is 2.47. The van der Waals surface area contributed by atoms with Crippen molar-refractivity contribution in [2.75, 3.05) is 30.8 Å². The molecule has 21 heavy (non-hydrogen) atoms. The summed E-state index contributed by atoms with van der Waals surface area (Å²) in [6.45, 7) is 1.97. The third kappa shape index (κ3) is 2.59. The Bertz CT molecular complexity index is 526. The number of methoxy groups -OCH3 is 1. The number of ether oxygens (including phenoxy) is 1. The van der Waals surface area contributed by atoms with Crippen molar-refractivity contribution in [3.8, 4) is 0 Å². The van der Waals surface area contributed by atoms with Crippen LogP contribution in [0.1, 0.15) is 48.9 Å². The van der Waals surface area contributed by atoms with Gasteiger partial charge in [0, 0.05) is 13.1 Å². The Hall–Kier alpha value is -1.71. The maximum Gasteiger partial charge on any atom is 0.340 e. The number of anilines is 2. The zero-order chi connectivity index (χ0) is 14.9. The van der Waals surface area contributed by atoms with E-state index in [0.29, 0.717) is 16.7 Å². The van der Waals surface area contributed by atoms with Crippen molar-refractivity contribution in [3.05, 3.63) is 23.8 Å². The van der Waals surface area contributed by atoms with E-state index >= 15 is 0 Å². The molecule has 0 radical (unpaired) electrons. The van der Waals surface area contributed by atoms with Crippen molar-refractivity contribution in [1.29, 1.82) is 0 Å². The molecule has 0 unspecified atom stereocenters. The average Bonchev–Trinajstić information content (AvgIpc) is 2.96. The number of esters is 1. The first-order valence-corrected chi connectivity index (χ1v) is 7.87. The molecule has 4 heteroatoms. The zero-order valence-corrected chi connectivity index (χ0v) is 12.7. The van der Waals surface area contributed by atoms with Gasteiger partial charge in [-0.1, -0.05) is 18.9 Å². The number of hydrogen-bond donors (Lipinski definition) is 1. The van der Waals surface area contributed by atoms with Crippen molar-refractivity contribution in [2.24, 2.45) is 5.41 Å². The van der Waals surface area contributed by atoms with E-state index in [1.54, 1.807) is 6.07 Å². The van der Waals surface area contributed by atoms with Gasteiger partial charge < -0.3 is 15.4 Å². The molecule has 0 amide bonds. The van der Waals surface area contributed by atoms with Crippen molar-refractivity contribution in [1.82, 2.24) is 0 Å². The van der Waals surface area contributed by atoms with Gasteiger partial charge in [0.2, 0.25) is 0 Å². The Morgan fingerprint density at radius 3 is 2.48 bits per heavy atom. The van der Waals surface area contributed by atoms with Crippen molar-refractivity contribution >= 4 is 17.3 Å². The Kier molecular flexibility index (Phi) is 3.79. The van der Waals surface area contributed by atoms with E-state index < -0.39 is 0 Å². The van der Waals surface area contributed by atoms with Crippen LogP contribution in [0.2, 0.25) is 0 Å². The maximum atomic E-state index is 12.0. The number of nitrogens with zero attached hydrogens (tertiary/aromatic N) is 1. The fraction of sp³-hybridized carbons (Fsp3) is 0.588. The number of hydrogen-bond acceptors (Lipinski definition) is 4. The fourth-order valence-electron chi connectivity index (χ4n) is 4.02. The molecule has 1 saturated heterocycles. The van der Waals surface area contributed by atoms with Crippen LogP contribution in [-0.4, -0.2) is 26.2 Å². The summed E-state index contributed by atoms with van der Waals surface area (Å²) in [4.78, 5) is 14.2. The second-order valence-electron chi connectivity index (χ2n) is 6.43. The molecule has 1 spiro atoms. The highest BCUT2D eigenvalue weighted by atomic mass is 16.5. The molecule has 2 N–H and O–H groups in total. The lowest BCUT2D eigenvalue weighted by Gasteiger charge is -2.41. The topological polar surface area (TPSA) is 55.6 Å². The molecule has 1 aliphatic heterocycles. The molecule has 4 nitrogen and oxygen atoms in total. The van der Waals surface area contributed by atoms with Crippen LogP contribution in [0, 0.1) is 5.41 Å². The third-order valence-electron chi connectivity index (χ3n) is 5.28. The van der Waals surface area contributed by atoms with Crippen molar-refractivity contribution < 1.29 is 9.53 Å². The van der Waals surface area contributed by atoms with Crippen LogP contribution in [0.4, 0.5) is 11.4 Å². The van der Waals surface area contributed by atoms with Crippen molar-refractivity contribution in [2.45, 2.75) is 38.5 Å². The molecule has 0 aromatic heterocycles. The van der Waals surface area contributed by atoms with E-state index in [9.17, 15) is 4.79 Å². The van der Waals surface area contributed by atoms with Crippen LogP contribution >= 0.6 is 0 Å². The quantitative estimate of drug-likeness (QED) is 0.670. The van der Waals surface area contributed by atoms with Gasteiger partial charge in [0.15, 0.2) is 0 Å². The van der Waals surface area contributed by atoms with Gasteiger partial charge in [-0.2, -0.15) is 0 Å². The minimum Gasteiger partial charge on any atom is -0.465 e. The predicted molar refractivity (Wildman–Crippen MR) is 84.5 cm³/mol. The van der Waals surface area contributed by atoms with Gasteiger partial charge in [0.05, 0.1) is 24.0 Å². The van der Waals surface area contributed by atoms with Crippen molar-refractivity contribution in [3.63, 3.8) is 0 Å². The van der Waals surface area contributed by atoms with E-state index in [2.05, 4.69) is 4.90 Å². The summed E-state index contributed by atoms with van der Waals surface area (Å²) in [7, 11) is 1.42. The van der Waals surface area contributed by atoms with Gasteiger partial charge in [-0.3, -0.25) is 0 Å². The van der Waals surface area contributed by atoms with E-state index in [-0.39, 0.29) is 5.97 Å². The number of piperidine rings is 1. The van der Waals surface area contributed by atoms with Crippen LogP contribution in [0.15, 0.2) is 18.2 Å². The summed E-state index contributed by atoms with van der Waals surface area (Å²) >= 11 is 0. The average molecular weight is 288 g/mol. The molecule has 1 aromatic carbocycles. The Balaban J connectivity index is 1.83. The van der Waals surface area contributed by atoms with Gasteiger partial charge >= 0.3 is 5.97 Å². The molecule has 0 bridgehead atoms. The lowest BCUT2D eigenvalue weighted by Crippen LogP contribution is -2.39. The first-order valence-electron chi connectivity index (χ1n) is 7.87. The maximum absolute atomic E-state index is 12.0. The van der Waals surface area contributed by atoms with E-state index in [4.69, 9.17) is 10.5 Å². The minimum atomic E-state index is -0.307. The number of rotatable bonds is 2. The third-order valence-corrected chi connectivity index (χ3v) is 5.28. The highest BCUT2D eigenvalue weighted by molar-refractivity contribution is 5.99. The van der Waals surface area contributed by atoms with E-state index in [1.807, 2.05) is 12.1 Å². The number of nitrogen functional groups attached to an aromatic ring is 1. The summed E-state index contributed by atoms with van der Waals surface area (Å²) in [5.41, 5.74) is 8.81. The van der Waals surface area contributed by atoms with Crippen LogP contribution in [0.5, 0.6) is 0 Å². The second-order valence-corrected chi connectivity index (χ2v) is 6.43. The summed E-state index contributed by atoms with van der Waals surface area (Å²) in [6, 6.07) is 5.48. The lowest BCUT2D eigenvalue weighted by molar-refractivity contribution is 0.0601. The second kappa shape index (κ2) is 5.58. The first kappa shape index (κ1) is 14.2. The Morgan fingerprint density at radius 1 is 1.19 bits per heavy atom. The molecule has 0 atom stereocenters. The van der Waals surface area contributed by atoms with Gasteiger partial charge in [0.25, 0.3) is 0 Å². The molecule has 114 valence electrons. The fourth-order valence-corrected chi connectivity index (χ4v) is 4.02. The SMILES string of the molecule is COC(=O)c1cccc(N)c1N1CCC2(CCCC2)CC1. The molecular weight excluding hydrogens is 264 g/mol. The van der Waals surface area contributed by atoms with Gasteiger partial charge in [0.1, 0.15) is 0 Å². The summed E-state index contributed by atoms with van der Waals surface area (Å²) in [5, 5.41) is 0. The van der Waals surface area contributed by atoms with Crippen LogP contribution < -0.4 is 10.6 Å². The monoisotopic (exact) mass is 288 g/mol. The lowest BCUT2D eigenvalue weighted by atomic mass is 9.77. The van der Waals surface area contributed by atoms with E-state index in [0.717, 1.165) is 18.8 Å². The Labute approximate surface area is 126 Å². The molecular formula is C17H24N2O2. The van der Waals surface area contributed by atoms with Gasteiger partial charge in [-0.15, -0.1) is 0 Å². The summed E-state index contributed by atoms with van der Waals surface area (Å²) in [5.74, 6) is -0.307. The van der Waals surface area contributed by atoms with Crippen LogP contribution in [-0.2, 0) is 4.74 Å². The number of para-hydroxylation sites is 1. The molecule has 1 aromatic rings. The number of carbonyl (C=O) groups is 1. The number of nitrogens with two attached hydrogens (primary N) is 1. The number of benzene rings is 1. The normalized spacial score (nSPS) is 20.7. The smallest absolute Gasteiger partial charge is 0.340 e. The minimum absolute atomic E-state index is 0.307. The molecule has 3 rings (SSSR count). The van der Waals surface area contributed by atoms with Gasteiger partial charge in [-0.05, 0) is 43.2 Å². The summed E-state index contributed by atoms with van der Waals surface area (Å²) in [6.07, 6.45) is 7.91. The first-order chi connectivity index (χ1) is 10.2. The standard InChI is InChI=1S/C17H24N2O2/c1-21-16(20)13-5-4-6-14(18)15(13)19-11-9-17(10-12-19)7-2-3-8-17/h4-6H,2-3,7-12,18H2,1H3. The predicted octanol–water partition coefficient (Wildman–Crippen LogP) is 3.22. The Morgan fingerprint density at radius 2 is 1.86 bits per heavy atom. The highest BCUT2D eigenvalue weighted by Gasteiger charge is 2.37. The number of carbonyl (C=O) groups excluding carboxylic acids is 1. The largest absolute Gasteiger partial charge is 0.465 e. The molecule has 1 saturated carbocycles. The molecule has 2 aliphatic rings. The van der Waals surface area contributed by atoms with Crippen LogP contribution in [0.25, 0.3) is 0 Å². The van der Waals surface area contributed by atoms with E-state index in [1.165, 1.54) is 45.6 Å². The van der Waals surface area contributed by atoms with Crippen LogP contribution in [0.3, 0.4) is 0 Å². The molecule has 1 heterocycles. The molecule has 2 fully saturated rings. The molecule has 1 aliphatic carbocycles. The van der Waals surface area contributed by atoms with Gasteiger partial charge in [-0.25, -0.2) is 4.79 Å². The zero-order valence-electron chi connectivity index (χ0n) is 12.7. The summed E-state index contributed by atoms with van der Waals surface area (Å²) < 4.78 is 4.89.